The molecule has 3 N–H and O–H groups in total. The number of benzene rings is 2. The molecule has 2 amide bonds. The largest absolute Gasteiger partial charge is 0.481 e. The third kappa shape index (κ3) is 4.35. The van der Waals surface area contributed by atoms with Gasteiger partial charge in [0.15, 0.2) is 6.10 Å². The second-order valence-electron chi connectivity index (χ2n) is 5.74. The van der Waals surface area contributed by atoms with E-state index in [2.05, 4.69) is 5.32 Å². The molecule has 2 rings (SSSR count). The average Bonchev–Trinajstić information content (AvgIpc) is 2.51. The Morgan fingerprint density at radius 2 is 1.75 bits per heavy atom. The first-order valence-corrected chi connectivity index (χ1v) is 7.85. The van der Waals surface area contributed by atoms with Gasteiger partial charge in [-0.1, -0.05) is 25.1 Å². The quantitative estimate of drug-likeness (QED) is 0.855. The first-order chi connectivity index (χ1) is 11.4. The van der Waals surface area contributed by atoms with Crippen LogP contribution in [0.4, 0.5) is 5.69 Å². The molecular formula is C19H22N2O3. The third-order valence-corrected chi connectivity index (χ3v) is 3.59. The summed E-state index contributed by atoms with van der Waals surface area (Å²) in [6.45, 7) is 5.82. The summed E-state index contributed by atoms with van der Waals surface area (Å²) in [5, 5.41) is 2.73. The summed E-state index contributed by atoms with van der Waals surface area (Å²) in [5.74, 6) is -0.253. The summed E-state index contributed by atoms with van der Waals surface area (Å²) in [7, 11) is 0. The van der Waals surface area contributed by atoms with Gasteiger partial charge >= 0.3 is 0 Å². The molecule has 0 radical (unpaired) electrons. The molecule has 0 bridgehead atoms. The molecule has 0 unspecified atom stereocenters. The number of para-hydroxylation sites is 1. The van der Waals surface area contributed by atoms with Crippen LogP contribution in [0.1, 0.15) is 34.8 Å². The van der Waals surface area contributed by atoms with Crippen molar-refractivity contribution >= 4 is 17.5 Å². The lowest BCUT2D eigenvalue weighted by Gasteiger charge is -2.18. The number of hydrogen-bond donors (Lipinski definition) is 2. The van der Waals surface area contributed by atoms with Gasteiger partial charge in [-0.05, 0) is 55.7 Å². The number of nitrogens with two attached hydrogens (primary N) is 1. The van der Waals surface area contributed by atoms with Crippen molar-refractivity contribution < 1.29 is 14.3 Å². The molecule has 2 aromatic carbocycles. The van der Waals surface area contributed by atoms with Gasteiger partial charge in [0.2, 0.25) is 0 Å². The zero-order valence-electron chi connectivity index (χ0n) is 14.1. The number of amides is 2. The zero-order chi connectivity index (χ0) is 17.7. The Bertz CT molecular complexity index is 736. The number of hydrogen-bond acceptors (Lipinski definition) is 3. The van der Waals surface area contributed by atoms with Gasteiger partial charge in [-0.2, -0.15) is 0 Å². The van der Waals surface area contributed by atoms with E-state index in [0.29, 0.717) is 17.9 Å². The van der Waals surface area contributed by atoms with Crippen LogP contribution < -0.4 is 15.8 Å². The minimum Gasteiger partial charge on any atom is -0.481 e. The Labute approximate surface area is 141 Å². The van der Waals surface area contributed by atoms with Gasteiger partial charge in [0.25, 0.3) is 11.8 Å². The summed E-state index contributed by atoms with van der Waals surface area (Å²) >= 11 is 0. The van der Waals surface area contributed by atoms with Crippen LogP contribution in [0.2, 0.25) is 0 Å². The van der Waals surface area contributed by atoms with Gasteiger partial charge < -0.3 is 15.8 Å². The van der Waals surface area contributed by atoms with Gasteiger partial charge in [-0.25, -0.2) is 0 Å². The van der Waals surface area contributed by atoms with E-state index in [0.717, 1.165) is 11.1 Å². The summed E-state index contributed by atoms with van der Waals surface area (Å²) in [6.07, 6.45) is -0.162. The standard InChI is InChI=1S/C19H22N2O3/c1-4-17(24-14-10-12(2)9-13(3)11-14)19(23)21-16-8-6-5-7-15(16)18(20)22/h5-11,17H,4H2,1-3H3,(H2,20,22)(H,21,23)/t17-/m0/s1. The highest BCUT2D eigenvalue weighted by atomic mass is 16.5. The fourth-order valence-corrected chi connectivity index (χ4v) is 2.51. The molecule has 0 fully saturated rings. The van der Waals surface area contributed by atoms with E-state index in [1.165, 1.54) is 0 Å². The highest BCUT2D eigenvalue weighted by Crippen LogP contribution is 2.20. The zero-order valence-corrected chi connectivity index (χ0v) is 14.1. The van der Waals surface area contributed by atoms with E-state index in [1.54, 1.807) is 24.3 Å². The van der Waals surface area contributed by atoms with Crippen molar-refractivity contribution in [3.8, 4) is 5.75 Å². The Morgan fingerprint density at radius 3 is 2.33 bits per heavy atom. The first-order valence-electron chi connectivity index (χ1n) is 7.85. The van der Waals surface area contributed by atoms with E-state index in [4.69, 9.17) is 10.5 Å². The maximum absolute atomic E-state index is 12.5. The highest BCUT2D eigenvalue weighted by Gasteiger charge is 2.20. The molecule has 0 aliphatic rings. The third-order valence-electron chi connectivity index (χ3n) is 3.59. The molecule has 0 aliphatic carbocycles. The predicted octanol–water partition coefficient (Wildman–Crippen LogP) is 3.20. The molecule has 0 saturated heterocycles. The summed E-state index contributed by atoms with van der Waals surface area (Å²) in [6, 6.07) is 12.5. The molecule has 5 nitrogen and oxygen atoms in total. The van der Waals surface area contributed by atoms with Crippen LogP contribution in [0, 0.1) is 13.8 Å². The Balaban J connectivity index is 2.16. The van der Waals surface area contributed by atoms with Crippen LogP contribution in [0.5, 0.6) is 5.75 Å². The van der Waals surface area contributed by atoms with Crippen LogP contribution in [-0.4, -0.2) is 17.9 Å². The van der Waals surface area contributed by atoms with Crippen molar-refractivity contribution in [3.63, 3.8) is 0 Å². The molecule has 0 heterocycles. The predicted molar refractivity (Wildman–Crippen MR) is 94.2 cm³/mol. The number of carbonyl (C=O) groups is 2. The van der Waals surface area contributed by atoms with Crippen molar-refractivity contribution in [2.24, 2.45) is 5.73 Å². The Hall–Kier alpha value is -2.82. The maximum atomic E-state index is 12.5. The van der Waals surface area contributed by atoms with E-state index in [1.807, 2.05) is 39.0 Å². The van der Waals surface area contributed by atoms with Crippen LogP contribution in [-0.2, 0) is 4.79 Å². The molecule has 1 atom stereocenters. The second kappa shape index (κ2) is 7.64. The van der Waals surface area contributed by atoms with Crippen LogP contribution in [0.15, 0.2) is 42.5 Å². The molecule has 0 aromatic heterocycles. The lowest BCUT2D eigenvalue weighted by Crippen LogP contribution is -2.33. The number of nitrogens with one attached hydrogen (secondary N) is 1. The first kappa shape index (κ1) is 17.5. The van der Waals surface area contributed by atoms with Gasteiger partial charge in [-0.3, -0.25) is 9.59 Å². The van der Waals surface area contributed by atoms with Gasteiger partial charge in [0, 0.05) is 0 Å². The molecular weight excluding hydrogens is 304 g/mol. The monoisotopic (exact) mass is 326 g/mol. The Kier molecular flexibility index (Phi) is 5.58. The normalized spacial score (nSPS) is 11.6. The molecule has 24 heavy (non-hydrogen) atoms. The number of carbonyl (C=O) groups excluding carboxylic acids is 2. The number of anilines is 1. The van der Waals surface area contributed by atoms with Crippen molar-refractivity contribution in [1.29, 1.82) is 0 Å². The van der Waals surface area contributed by atoms with Gasteiger partial charge in [0.05, 0.1) is 11.3 Å². The minimum absolute atomic E-state index is 0.270. The summed E-state index contributed by atoms with van der Waals surface area (Å²) in [5.41, 5.74) is 8.13. The van der Waals surface area contributed by atoms with E-state index in [-0.39, 0.29) is 11.5 Å². The van der Waals surface area contributed by atoms with E-state index < -0.39 is 12.0 Å². The average molecular weight is 326 g/mol. The topological polar surface area (TPSA) is 81.4 Å². The number of rotatable bonds is 6. The second-order valence-corrected chi connectivity index (χ2v) is 5.74. The number of primary amides is 1. The molecule has 2 aromatic rings. The Morgan fingerprint density at radius 1 is 1.12 bits per heavy atom. The SMILES string of the molecule is CC[C@H](Oc1cc(C)cc(C)c1)C(=O)Nc1ccccc1C(N)=O. The van der Waals surface area contributed by atoms with Crippen molar-refractivity contribution in [3.05, 3.63) is 59.2 Å². The van der Waals surface area contributed by atoms with Crippen molar-refractivity contribution in [2.45, 2.75) is 33.3 Å². The van der Waals surface area contributed by atoms with Crippen molar-refractivity contribution in [2.75, 3.05) is 5.32 Å². The van der Waals surface area contributed by atoms with Gasteiger partial charge in [0.1, 0.15) is 5.75 Å². The number of aryl methyl sites for hydroxylation is 2. The van der Waals surface area contributed by atoms with Crippen LogP contribution in [0.3, 0.4) is 0 Å². The van der Waals surface area contributed by atoms with Crippen LogP contribution >= 0.6 is 0 Å². The molecule has 126 valence electrons. The molecule has 0 aliphatic heterocycles. The van der Waals surface area contributed by atoms with Crippen LogP contribution in [0.25, 0.3) is 0 Å². The smallest absolute Gasteiger partial charge is 0.265 e. The fourth-order valence-electron chi connectivity index (χ4n) is 2.51. The summed E-state index contributed by atoms with van der Waals surface area (Å²) < 4.78 is 5.83. The van der Waals surface area contributed by atoms with E-state index >= 15 is 0 Å². The fraction of sp³-hybridized carbons (Fsp3) is 0.263. The maximum Gasteiger partial charge on any atom is 0.265 e. The molecule has 5 heteroatoms. The molecule has 0 spiro atoms. The highest BCUT2D eigenvalue weighted by molar-refractivity contribution is 6.04. The van der Waals surface area contributed by atoms with E-state index in [9.17, 15) is 9.59 Å². The number of ether oxygens (including phenoxy) is 1. The lowest BCUT2D eigenvalue weighted by atomic mass is 10.1. The summed E-state index contributed by atoms with van der Waals surface area (Å²) in [4.78, 5) is 24.0. The lowest BCUT2D eigenvalue weighted by molar-refractivity contribution is -0.122. The van der Waals surface area contributed by atoms with Gasteiger partial charge in [-0.15, -0.1) is 0 Å². The minimum atomic E-state index is -0.660. The molecule has 0 saturated carbocycles. The van der Waals surface area contributed by atoms with Crippen molar-refractivity contribution in [1.82, 2.24) is 0 Å².